The summed E-state index contributed by atoms with van der Waals surface area (Å²) in [4.78, 5) is 85.3. The van der Waals surface area contributed by atoms with E-state index in [1.165, 1.54) is 14.2 Å². The van der Waals surface area contributed by atoms with Gasteiger partial charge in [-0.1, -0.05) is 27.7 Å². The number of rotatable bonds is 11. The van der Waals surface area contributed by atoms with Crippen molar-refractivity contribution in [3.05, 3.63) is 54.8 Å². The molecule has 294 valence electrons. The van der Waals surface area contributed by atoms with Gasteiger partial charge in [-0.3, -0.25) is 29.3 Å². The fraction of sp³-hybridized carbons (Fsp3) is 0.475. The zero-order chi connectivity index (χ0) is 39.7. The molecule has 0 saturated carbocycles. The van der Waals surface area contributed by atoms with E-state index in [2.05, 4.69) is 25.3 Å². The van der Waals surface area contributed by atoms with Gasteiger partial charge in [0.2, 0.25) is 11.8 Å². The second kappa shape index (κ2) is 16.0. The van der Waals surface area contributed by atoms with Gasteiger partial charge < -0.3 is 34.6 Å². The lowest BCUT2D eigenvalue weighted by Gasteiger charge is -2.30. The summed E-state index contributed by atoms with van der Waals surface area (Å²) in [6.07, 6.45) is 11.4. The van der Waals surface area contributed by atoms with Gasteiger partial charge in [-0.25, -0.2) is 14.8 Å². The third kappa shape index (κ3) is 7.51. The number of carbonyl (C=O) groups excluding carboxylic acids is 4. The van der Waals surface area contributed by atoms with Crippen molar-refractivity contribution in [2.75, 3.05) is 27.3 Å². The number of nitrogens with one attached hydrogen (secondary N) is 3. The van der Waals surface area contributed by atoms with Crippen LogP contribution in [-0.2, 0) is 23.9 Å². The summed E-state index contributed by atoms with van der Waals surface area (Å²) >= 11 is 0. The molecule has 56 heavy (non-hydrogen) atoms. The van der Waals surface area contributed by atoms with Crippen LogP contribution < -0.4 is 5.32 Å². The SMILES string of the molecule is COC(=O)C[C@H](C(=O)N1CCC[C@H]1c1ncc(-c2cc3ncc4cc(-c5cnc([C@@H]6CCCN6C(=O)[C@@H](NC(=O)OC)C(C)C)[nH]5)ncc4c3cn2)[nH]1)C(C)C. The minimum atomic E-state index is -0.714. The summed E-state index contributed by atoms with van der Waals surface area (Å²) in [5.41, 5.74) is 3.51. The number of nitrogens with zero attached hydrogens (tertiary/aromatic N) is 7. The van der Waals surface area contributed by atoms with Crippen LogP contribution in [0.5, 0.6) is 0 Å². The number of carbonyl (C=O) groups is 4. The first-order valence-corrected chi connectivity index (χ1v) is 19.1. The van der Waals surface area contributed by atoms with Gasteiger partial charge in [-0.05, 0) is 49.7 Å². The van der Waals surface area contributed by atoms with Crippen molar-refractivity contribution in [3.8, 4) is 22.8 Å². The number of H-pyrrole nitrogens is 2. The van der Waals surface area contributed by atoms with Gasteiger partial charge in [0.05, 0.1) is 79.3 Å². The molecule has 2 aliphatic heterocycles. The largest absolute Gasteiger partial charge is 0.469 e. The van der Waals surface area contributed by atoms with E-state index in [1.54, 1.807) is 29.7 Å². The molecule has 3 amide bonds. The fourth-order valence-corrected chi connectivity index (χ4v) is 7.86. The summed E-state index contributed by atoms with van der Waals surface area (Å²) < 4.78 is 9.62. The number of amides is 3. The van der Waals surface area contributed by atoms with Crippen molar-refractivity contribution < 1.29 is 28.7 Å². The second-order valence-electron chi connectivity index (χ2n) is 15.2. The Morgan fingerprint density at radius 2 is 1.32 bits per heavy atom. The Hall–Kier alpha value is -5.93. The summed E-state index contributed by atoms with van der Waals surface area (Å²) in [6.45, 7) is 8.83. The molecule has 0 radical (unpaired) electrons. The number of likely N-dealkylation sites (tertiary alicyclic amines) is 2. The number of imidazole rings is 2. The Bertz CT molecular complexity index is 2110. The first-order valence-electron chi connectivity index (χ1n) is 19.1. The molecule has 16 nitrogen and oxygen atoms in total. The maximum atomic E-state index is 13.6. The van der Waals surface area contributed by atoms with Crippen molar-refractivity contribution in [1.82, 2.24) is 50.0 Å². The number of aromatic nitrogens is 7. The Morgan fingerprint density at radius 3 is 1.89 bits per heavy atom. The van der Waals surface area contributed by atoms with Gasteiger partial charge in [0.15, 0.2) is 0 Å². The molecule has 4 atom stereocenters. The molecule has 2 aliphatic rings. The normalized spacial score (nSPS) is 18.2. The zero-order valence-electron chi connectivity index (χ0n) is 32.5. The van der Waals surface area contributed by atoms with E-state index in [4.69, 9.17) is 24.4 Å². The van der Waals surface area contributed by atoms with Gasteiger partial charge in [-0.2, -0.15) is 0 Å². The van der Waals surface area contributed by atoms with Crippen LogP contribution in [0.1, 0.15) is 83.5 Å². The highest BCUT2D eigenvalue weighted by Crippen LogP contribution is 2.36. The number of methoxy groups -OCH3 is 2. The molecule has 3 N–H and O–H groups in total. The molecule has 0 spiro atoms. The van der Waals surface area contributed by atoms with E-state index in [0.29, 0.717) is 47.5 Å². The number of alkyl carbamates (subject to hydrolysis) is 1. The summed E-state index contributed by atoms with van der Waals surface area (Å²) in [7, 11) is 2.62. The Labute approximate surface area is 324 Å². The number of pyridine rings is 3. The van der Waals surface area contributed by atoms with E-state index in [9.17, 15) is 19.2 Å². The van der Waals surface area contributed by atoms with Crippen LogP contribution in [0, 0.1) is 17.8 Å². The van der Waals surface area contributed by atoms with E-state index in [0.717, 1.165) is 47.4 Å². The van der Waals surface area contributed by atoms with Crippen LogP contribution in [-0.4, -0.2) is 102 Å². The molecule has 5 aromatic heterocycles. The van der Waals surface area contributed by atoms with Crippen molar-refractivity contribution in [2.45, 2.75) is 77.9 Å². The molecule has 0 aliphatic carbocycles. The highest BCUT2D eigenvalue weighted by atomic mass is 16.5. The van der Waals surface area contributed by atoms with Gasteiger partial charge in [-0.15, -0.1) is 0 Å². The number of ether oxygens (including phenoxy) is 2. The van der Waals surface area contributed by atoms with Gasteiger partial charge in [0.1, 0.15) is 17.7 Å². The Balaban J connectivity index is 1.08. The lowest BCUT2D eigenvalue weighted by Crippen LogP contribution is -2.51. The molecule has 2 saturated heterocycles. The molecule has 0 aromatic carbocycles. The topological polar surface area (TPSA) is 201 Å². The molecular formula is C40H48N10O6. The van der Waals surface area contributed by atoms with Crippen LogP contribution in [0.15, 0.2) is 43.1 Å². The Kier molecular flexibility index (Phi) is 11.0. The van der Waals surface area contributed by atoms with Crippen molar-refractivity contribution in [2.24, 2.45) is 17.8 Å². The fourth-order valence-electron chi connectivity index (χ4n) is 7.86. The summed E-state index contributed by atoms with van der Waals surface area (Å²) in [5.74, 6) is 0.107. The molecule has 0 bridgehead atoms. The van der Waals surface area contributed by atoms with Crippen LogP contribution in [0.2, 0.25) is 0 Å². The lowest BCUT2D eigenvalue weighted by atomic mass is 9.91. The zero-order valence-corrected chi connectivity index (χ0v) is 32.5. The van der Waals surface area contributed by atoms with E-state index in [-0.39, 0.29) is 42.2 Å². The molecule has 16 heteroatoms. The van der Waals surface area contributed by atoms with Crippen LogP contribution in [0.4, 0.5) is 4.79 Å². The lowest BCUT2D eigenvalue weighted by molar-refractivity contribution is -0.148. The van der Waals surface area contributed by atoms with Crippen molar-refractivity contribution in [1.29, 1.82) is 0 Å². The van der Waals surface area contributed by atoms with Gasteiger partial charge in [0.25, 0.3) is 0 Å². The van der Waals surface area contributed by atoms with E-state index >= 15 is 0 Å². The molecule has 7 rings (SSSR count). The van der Waals surface area contributed by atoms with Crippen LogP contribution >= 0.6 is 0 Å². The number of fused-ring (bicyclic) bond motifs is 3. The third-order valence-corrected chi connectivity index (χ3v) is 11.0. The number of hydrogen-bond donors (Lipinski definition) is 3. The minimum absolute atomic E-state index is 0.0185. The maximum absolute atomic E-state index is 13.6. The predicted molar refractivity (Wildman–Crippen MR) is 207 cm³/mol. The smallest absolute Gasteiger partial charge is 0.407 e. The number of aromatic amines is 2. The minimum Gasteiger partial charge on any atom is -0.469 e. The summed E-state index contributed by atoms with van der Waals surface area (Å²) in [6, 6.07) is 2.65. The second-order valence-corrected chi connectivity index (χ2v) is 15.2. The molecule has 2 fully saturated rings. The standard InChI is InChI=1S/C40H48N10O6/c1-21(2)24(14-34(51)55-5)38(52)49-11-7-9-32(49)36-45-20-31(47-36)29-15-27-26(18-43-29)25-17-42-28(13-23(25)16-41-27)30-19-44-37(46-30)33-10-8-12-50(33)39(53)35(22(3)4)48-40(54)56-6/h13,15-22,24,32-33,35H,7-12,14H2,1-6H3,(H,44,46)(H,45,47)(H,48,54)/t24-,32-,33-,35-/m0/s1. The van der Waals surface area contributed by atoms with Crippen molar-refractivity contribution >= 4 is 45.6 Å². The van der Waals surface area contributed by atoms with E-state index < -0.39 is 24.0 Å². The molecular weight excluding hydrogens is 717 g/mol. The number of esters is 1. The van der Waals surface area contributed by atoms with E-state index in [1.807, 2.05) is 50.9 Å². The van der Waals surface area contributed by atoms with Gasteiger partial charge >= 0.3 is 12.1 Å². The van der Waals surface area contributed by atoms with Gasteiger partial charge in [0, 0.05) is 47.8 Å². The monoisotopic (exact) mass is 764 g/mol. The average Bonchev–Trinajstić information content (AvgIpc) is 4.04. The highest BCUT2D eigenvalue weighted by Gasteiger charge is 2.39. The Morgan fingerprint density at radius 1 is 0.732 bits per heavy atom. The highest BCUT2D eigenvalue weighted by molar-refractivity contribution is 6.05. The van der Waals surface area contributed by atoms with Crippen molar-refractivity contribution in [3.63, 3.8) is 0 Å². The maximum Gasteiger partial charge on any atom is 0.407 e. The quantitative estimate of drug-likeness (QED) is 0.113. The average molecular weight is 765 g/mol. The van der Waals surface area contributed by atoms with Crippen LogP contribution in [0.25, 0.3) is 44.5 Å². The number of hydrogen-bond acceptors (Lipinski definition) is 11. The molecule has 7 heterocycles. The first-order chi connectivity index (χ1) is 27.0. The first kappa shape index (κ1) is 38.3. The molecule has 0 unspecified atom stereocenters. The summed E-state index contributed by atoms with van der Waals surface area (Å²) in [5, 5.41) is 5.29. The molecule has 5 aromatic rings. The van der Waals surface area contributed by atoms with Crippen LogP contribution in [0.3, 0.4) is 0 Å². The predicted octanol–water partition coefficient (Wildman–Crippen LogP) is 5.50. The third-order valence-electron chi connectivity index (χ3n) is 11.0.